The highest BCUT2D eigenvalue weighted by Crippen LogP contribution is 2.29. The molecule has 1 aliphatic heterocycles. The Morgan fingerprint density at radius 3 is 2.71 bits per heavy atom. The van der Waals surface area contributed by atoms with Gasteiger partial charge in [-0.25, -0.2) is 0 Å². The van der Waals surface area contributed by atoms with Crippen LogP contribution in [0.1, 0.15) is 17.5 Å². The first kappa shape index (κ1) is 14.1. The van der Waals surface area contributed by atoms with Crippen molar-refractivity contribution in [2.45, 2.75) is 19.3 Å². The quantitative estimate of drug-likeness (QED) is 0.846. The number of nitrogens with two attached hydrogens (primary N) is 1. The molecule has 3 rings (SSSR count). The summed E-state index contributed by atoms with van der Waals surface area (Å²) in [6.07, 6.45) is 2.43. The lowest BCUT2D eigenvalue weighted by Gasteiger charge is -2.30. The number of halogens is 1. The zero-order valence-corrected chi connectivity index (χ0v) is 13.3. The number of carbonyl (C=O) groups is 1. The van der Waals surface area contributed by atoms with E-state index in [0.717, 1.165) is 35.1 Å². The van der Waals surface area contributed by atoms with Gasteiger partial charge in [0.1, 0.15) is 0 Å². The van der Waals surface area contributed by atoms with E-state index in [4.69, 9.17) is 5.73 Å². The molecule has 0 aliphatic carbocycles. The van der Waals surface area contributed by atoms with E-state index in [1.54, 1.807) is 0 Å². The molecule has 0 spiro atoms. The van der Waals surface area contributed by atoms with Gasteiger partial charge in [0.2, 0.25) is 5.91 Å². The first-order valence-corrected chi connectivity index (χ1v) is 7.86. The number of nitrogen functional groups attached to an aromatic ring is 1. The number of nitrogens with zero attached hydrogens (tertiary/aromatic N) is 1. The highest BCUT2D eigenvalue weighted by Gasteiger charge is 2.22. The molecule has 1 amide bonds. The molecule has 0 saturated heterocycles. The van der Waals surface area contributed by atoms with E-state index in [2.05, 4.69) is 15.9 Å². The van der Waals surface area contributed by atoms with Crippen LogP contribution in [0.4, 0.5) is 11.4 Å². The Hall–Kier alpha value is -1.81. The van der Waals surface area contributed by atoms with Crippen LogP contribution < -0.4 is 10.6 Å². The minimum atomic E-state index is 0.129. The van der Waals surface area contributed by atoms with Gasteiger partial charge in [0, 0.05) is 22.4 Å². The molecule has 0 radical (unpaired) electrons. The van der Waals surface area contributed by atoms with Gasteiger partial charge in [-0.1, -0.05) is 34.1 Å². The lowest BCUT2D eigenvalue weighted by Crippen LogP contribution is -2.36. The summed E-state index contributed by atoms with van der Waals surface area (Å²) < 4.78 is 1.02. The normalized spacial score (nSPS) is 13.9. The smallest absolute Gasteiger partial charge is 0.231 e. The number of hydrogen-bond donors (Lipinski definition) is 1. The number of rotatable bonds is 2. The molecule has 4 heteroatoms. The largest absolute Gasteiger partial charge is 0.399 e. The third-order valence-electron chi connectivity index (χ3n) is 3.80. The van der Waals surface area contributed by atoms with Gasteiger partial charge in [0.15, 0.2) is 0 Å². The third-order valence-corrected chi connectivity index (χ3v) is 4.33. The van der Waals surface area contributed by atoms with Crippen molar-refractivity contribution in [3.05, 3.63) is 58.1 Å². The zero-order chi connectivity index (χ0) is 14.8. The summed E-state index contributed by atoms with van der Waals surface area (Å²) in [4.78, 5) is 14.5. The van der Waals surface area contributed by atoms with Crippen molar-refractivity contribution in [3.8, 4) is 0 Å². The Balaban J connectivity index is 1.83. The van der Waals surface area contributed by atoms with E-state index in [0.29, 0.717) is 12.1 Å². The van der Waals surface area contributed by atoms with Crippen molar-refractivity contribution in [1.29, 1.82) is 0 Å². The minimum absolute atomic E-state index is 0.129. The van der Waals surface area contributed by atoms with Crippen LogP contribution in [0.25, 0.3) is 0 Å². The molecule has 108 valence electrons. The molecule has 1 heterocycles. The van der Waals surface area contributed by atoms with E-state index < -0.39 is 0 Å². The molecule has 2 N–H and O–H groups in total. The van der Waals surface area contributed by atoms with Gasteiger partial charge in [-0.2, -0.15) is 0 Å². The molecule has 1 aliphatic rings. The van der Waals surface area contributed by atoms with Crippen LogP contribution in [0.2, 0.25) is 0 Å². The summed E-state index contributed by atoms with van der Waals surface area (Å²) in [5.74, 6) is 0.129. The second-order valence-electron chi connectivity index (χ2n) is 5.34. The van der Waals surface area contributed by atoms with E-state index in [-0.39, 0.29) is 5.91 Å². The summed E-state index contributed by atoms with van der Waals surface area (Å²) in [7, 11) is 0. The first-order valence-electron chi connectivity index (χ1n) is 7.07. The summed E-state index contributed by atoms with van der Waals surface area (Å²) in [6, 6.07) is 13.7. The molecule has 2 aromatic carbocycles. The Labute approximate surface area is 132 Å². The van der Waals surface area contributed by atoms with Crippen molar-refractivity contribution >= 4 is 33.2 Å². The van der Waals surface area contributed by atoms with Crippen molar-refractivity contribution < 1.29 is 4.79 Å². The standard InChI is InChI=1S/C17H17BrN2O/c18-14-6-3-12(4-7-14)10-17(21)20-9-1-2-13-5-8-15(19)11-16(13)20/h3-8,11H,1-2,9-10,19H2. The van der Waals surface area contributed by atoms with E-state index >= 15 is 0 Å². The molecule has 0 saturated carbocycles. The SMILES string of the molecule is Nc1ccc2c(c1)N(C(=O)Cc1ccc(Br)cc1)CCC2. The molecule has 0 aromatic heterocycles. The third kappa shape index (κ3) is 3.10. The van der Waals surface area contributed by atoms with E-state index in [1.807, 2.05) is 47.4 Å². The number of amides is 1. The van der Waals surface area contributed by atoms with Crippen LogP contribution in [0, 0.1) is 0 Å². The van der Waals surface area contributed by atoms with Gasteiger partial charge < -0.3 is 10.6 Å². The van der Waals surface area contributed by atoms with Gasteiger partial charge in [-0.3, -0.25) is 4.79 Å². The van der Waals surface area contributed by atoms with Crippen LogP contribution in [-0.4, -0.2) is 12.5 Å². The fourth-order valence-corrected chi connectivity index (χ4v) is 2.99. The summed E-state index contributed by atoms with van der Waals surface area (Å²) in [6.45, 7) is 0.770. The van der Waals surface area contributed by atoms with E-state index in [1.165, 1.54) is 5.56 Å². The highest BCUT2D eigenvalue weighted by molar-refractivity contribution is 9.10. The van der Waals surface area contributed by atoms with Crippen molar-refractivity contribution in [3.63, 3.8) is 0 Å². The van der Waals surface area contributed by atoms with Gasteiger partial charge >= 0.3 is 0 Å². The molecule has 2 aromatic rings. The minimum Gasteiger partial charge on any atom is -0.399 e. The lowest BCUT2D eigenvalue weighted by molar-refractivity contribution is -0.118. The van der Waals surface area contributed by atoms with Crippen molar-refractivity contribution in [2.75, 3.05) is 17.2 Å². The molecule has 0 atom stereocenters. The Kier molecular flexibility index (Phi) is 3.97. The second kappa shape index (κ2) is 5.90. The van der Waals surface area contributed by atoms with Gasteiger partial charge in [-0.15, -0.1) is 0 Å². The molecule has 0 fully saturated rings. The van der Waals surface area contributed by atoms with Gasteiger partial charge in [-0.05, 0) is 48.2 Å². The van der Waals surface area contributed by atoms with Crippen molar-refractivity contribution in [1.82, 2.24) is 0 Å². The Morgan fingerprint density at radius 2 is 1.95 bits per heavy atom. The average molecular weight is 345 g/mol. The number of benzene rings is 2. The number of carbonyl (C=O) groups excluding carboxylic acids is 1. The van der Waals surface area contributed by atoms with Crippen molar-refractivity contribution in [2.24, 2.45) is 0 Å². The topological polar surface area (TPSA) is 46.3 Å². The fraction of sp³-hybridized carbons (Fsp3) is 0.235. The van der Waals surface area contributed by atoms with Crippen LogP contribution in [0.3, 0.4) is 0 Å². The second-order valence-corrected chi connectivity index (χ2v) is 6.26. The Bertz CT molecular complexity index is 667. The number of hydrogen-bond acceptors (Lipinski definition) is 2. The van der Waals surface area contributed by atoms with Crippen LogP contribution >= 0.6 is 15.9 Å². The zero-order valence-electron chi connectivity index (χ0n) is 11.7. The number of aryl methyl sites for hydroxylation is 1. The Morgan fingerprint density at radius 1 is 1.19 bits per heavy atom. The summed E-state index contributed by atoms with van der Waals surface area (Å²) in [5.41, 5.74) is 9.79. The number of anilines is 2. The van der Waals surface area contributed by atoms with Gasteiger partial charge in [0.05, 0.1) is 6.42 Å². The van der Waals surface area contributed by atoms with Crippen LogP contribution in [0.15, 0.2) is 46.9 Å². The van der Waals surface area contributed by atoms with Gasteiger partial charge in [0.25, 0.3) is 0 Å². The predicted octanol–water partition coefficient (Wildman–Crippen LogP) is 3.55. The molecule has 21 heavy (non-hydrogen) atoms. The monoisotopic (exact) mass is 344 g/mol. The number of fused-ring (bicyclic) bond motifs is 1. The maximum absolute atomic E-state index is 12.6. The fourth-order valence-electron chi connectivity index (χ4n) is 2.72. The average Bonchev–Trinajstić information content (AvgIpc) is 2.49. The molecule has 3 nitrogen and oxygen atoms in total. The molecular formula is C17H17BrN2O. The van der Waals surface area contributed by atoms with E-state index in [9.17, 15) is 4.79 Å². The first-order chi connectivity index (χ1) is 10.1. The highest BCUT2D eigenvalue weighted by atomic mass is 79.9. The summed E-state index contributed by atoms with van der Waals surface area (Å²) >= 11 is 3.41. The summed E-state index contributed by atoms with van der Waals surface area (Å²) in [5, 5.41) is 0. The molecular weight excluding hydrogens is 328 g/mol. The van der Waals surface area contributed by atoms with Crippen LogP contribution in [0.5, 0.6) is 0 Å². The maximum Gasteiger partial charge on any atom is 0.231 e. The maximum atomic E-state index is 12.6. The predicted molar refractivity (Wildman–Crippen MR) is 89.4 cm³/mol. The lowest BCUT2D eigenvalue weighted by atomic mass is 10.00. The molecule has 0 unspecified atom stereocenters. The molecule has 0 bridgehead atoms. The van der Waals surface area contributed by atoms with Crippen LogP contribution in [-0.2, 0) is 17.6 Å².